The number of aryl methyl sites for hydroxylation is 1. The maximum Gasteiger partial charge on any atom is 0.330 e. The third-order valence-electron chi connectivity index (χ3n) is 3.14. The Morgan fingerprint density at radius 1 is 1.10 bits per heavy atom. The minimum atomic E-state index is -0.216. The number of anilines is 2. The van der Waals surface area contributed by atoms with Crippen molar-refractivity contribution in [3.63, 3.8) is 0 Å². The summed E-state index contributed by atoms with van der Waals surface area (Å²) in [5, 5.41) is 2.90. The van der Waals surface area contributed by atoms with Gasteiger partial charge in [-0.2, -0.15) is 0 Å². The Bertz CT molecular complexity index is 680. The van der Waals surface area contributed by atoms with E-state index in [4.69, 9.17) is 4.74 Å². The molecule has 0 aromatic heterocycles. The third-order valence-corrected chi connectivity index (χ3v) is 3.14. The van der Waals surface area contributed by atoms with Crippen LogP contribution in [0.2, 0.25) is 0 Å². The van der Waals surface area contributed by atoms with Crippen molar-refractivity contribution in [2.24, 2.45) is 0 Å². The minimum Gasteiger partial charge on any atom is -0.461 e. The highest BCUT2D eigenvalue weighted by Crippen LogP contribution is 2.31. The van der Waals surface area contributed by atoms with Crippen molar-refractivity contribution in [3.8, 4) is 5.75 Å². The summed E-state index contributed by atoms with van der Waals surface area (Å²) >= 11 is 0. The van der Waals surface area contributed by atoms with Gasteiger partial charge in [-0.1, -0.05) is 30.3 Å². The number of nitrogens with zero attached hydrogens (tertiary/aromatic N) is 1. The SMILES string of the molecule is Cc1ccccc1NC(=O)N1C=COc2ccccc21. The van der Waals surface area contributed by atoms with Gasteiger partial charge in [0.2, 0.25) is 0 Å². The lowest BCUT2D eigenvalue weighted by molar-refractivity contribution is 0.258. The van der Waals surface area contributed by atoms with Crippen molar-refractivity contribution in [1.82, 2.24) is 0 Å². The van der Waals surface area contributed by atoms with E-state index >= 15 is 0 Å². The Labute approximate surface area is 117 Å². The number of hydrogen-bond donors (Lipinski definition) is 1. The fourth-order valence-corrected chi connectivity index (χ4v) is 2.07. The highest BCUT2D eigenvalue weighted by molar-refractivity contribution is 6.04. The summed E-state index contributed by atoms with van der Waals surface area (Å²) in [7, 11) is 0. The molecule has 2 aromatic rings. The molecule has 1 N–H and O–H groups in total. The number of rotatable bonds is 1. The predicted molar refractivity (Wildman–Crippen MR) is 78.9 cm³/mol. The molecule has 0 saturated carbocycles. The number of carbonyl (C=O) groups is 1. The number of para-hydroxylation sites is 3. The van der Waals surface area contributed by atoms with Crippen molar-refractivity contribution >= 4 is 17.4 Å². The number of amides is 2. The Morgan fingerprint density at radius 2 is 1.85 bits per heavy atom. The monoisotopic (exact) mass is 266 g/mol. The van der Waals surface area contributed by atoms with Crippen LogP contribution in [0.1, 0.15) is 5.56 Å². The number of urea groups is 1. The predicted octanol–water partition coefficient (Wildman–Crippen LogP) is 3.90. The molecular formula is C16H14N2O2. The van der Waals surface area contributed by atoms with Crippen molar-refractivity contribution < 1.29 is 9.53 Å². The fraction of sp³-hybridized carbons (Fsp3) is 0.0625. The molecule has 4 heteroatoms. The zero-order chi connectivity index (χ0) is 13.9. The van der Waals surface area contributed by atoms with Gasteiger partial charge in [-0.3, -0.25) is 4.90 Å². The Kier molecular flexibility index (Phi) is 3.13. The first-order valence-electron chi connectivity index (χ1n) is 6.34. The smallest absolute Gasteiger partial charge is 0.330 e. The van der Waals surface area contributed by atoms with Crippen molar-refractivity contribution in [2.45, 2.75) is 6.92 Å². The van der Waals surface area contributed by atoms with Crippen LogP contribution in [-0.2, 0) is 0 Å². The summed E-state index contributed by atoms with van der Waals surface area (Å²) < 4.78 is 5.38. The van der Waals surface area contributed by atoms with Crippen molar-refractivity contribution in [1.29, 1.82) is 0 Å². The quantitative estimate of drug-likeness (QED) is 0.850. The van der Waals surface area contributed by atoms with Gasteiger partial charge in [0.1, 0.15) is 6.26 Å². The van der Waals surface area contributed by atoms with Crippen LogP contribution in [0.4, 0.5) is 16.2 Å². The lowest BCUT2D eigenvalue weighted by Gasteiger charge is -2.24. The van der Waals surface area contributed by atoms with E-state index < -0.39 is 0 Å². The van der Waals surface area contributed by atoms with E-state index in [2.05, 4.69) is 5.32 Å². The first-order chi connectivity index (χ1) is 9.75. The number of nitrogens with one attached hydrogen (secondary N) is 1. The normalized spacial score (nSPS) is 12.6. The highest BCUT2D eigenvalue weighted by atomic mass is 16.5. The van der Waals surface area contributed by atoms with Gasteiger partial charge in [0.25, 0.3) is 0 Å². The van der Waals surface area contributed by atoms with Crippen LogP contribution in [0.25, 0.3) is 0 Å². The van der Waals surface area contributed by atoms with Crippen LogP contribution < -0.4 is 15.0 Å². The first-order valence-corrected chi connectivity index (χ1v) is 6.34. The van der Waals surface area contributed by atoms with Gasteiger partial charge in [0, 0.05) is 11.9 Å². The Hall–Kier alpha value is -2.75. The molecule has 0 unspecified atom stereocenters. The number of hydrogen-bond acceptors (Lipinski definition) is 2. The van der Waals surface area contributed by atoms with Gasteiger partial charge >= 0.3 is 6.03 Å². The molecule has 4 nitrogen and oxygen atoms in total. The average Bonchev–Trinajstić information content (AvgIpc) is 2.49. The summed E-state index contributed by atoms with van der Waals surface area (Å²) in [5.74, 6) is 0.662. The van der Waals surface area contributed by atoms with E-state index in [1.54, 1.807) is 6.20 Å². The average molecular weight is 266 g/mol. The summed E-state index contributed by atoms with van der Waals surface area (Å²) in [6.07, 6.45) is 3.11. The second-order valence-electron chi connectivity index (χ2n) is 4.49. The first kappa shape index (κ1) is 12.3. The molecular weight excluding hydrogens is 252 g/mol. The topological polar surface area (TPSA) is 41.6 Å². The molecule has 0 fully saturated rings. The van der Waals surface area contributed by atoms with E-state index in [-0.39, 0.29) is 6.03 Å². The molecule has 2 aromatic carbocycles. The number of carbonyl (C=O) groups excluding carboxylic acids is 1. The number of ether oxygens (including phenoxy) is 1. The van der Waals surface area contributed by atoms with Gasteiger partial charge in [-0.25, -0.2) is 4.79 Å². The summed E-state index contributed by atoms with van der Waals surface area (Å²) in [5.41, 5.74) is 2.54. The number of fused-ring (bicyclic) bond motifs is 1. The lowest BCUT2D eigenvalue weighted by Crippen LogP contribution is -2.32. The minimum absolute atomic E-state index is 0.216. The molecule has 0 atom stereocenters. The van der Waals surface area contributed by atoms with E-state index in [0.717, 1.165) is 16.9 Å². The standard InChI is InChI=1S/C16H14N2O2/c1-12-6-2-3-7-13(12)17-16(19)18-10-11-20-15-9-5-4-8-14(15)18/h2-11H,1H3,(H,17,19). The van der Waals surface area contributed by atoms with Crippen LogP contribution in [0.15, 0.2) is 61.0 Å². The fourth-order valence-electron chi connectivity index (χ4n) is 2.07. The molecule has 0 spiro atoms. The zero-order valence-corrected chi connectivity index (χ0v) is 11.0. The van der Waals surface area contributed by atoms with E-state index in [1.165, 1.54) is 11.2 Å². The molecule has 1 heterocycles. The van der Waals surface area contributed by atoms with E-state index in [1.807, 2.05) is 55.5 Å². The second-order valence-corrected chi connectivity index (χ2v) is 4.49. The third kappa shape index (κ3) is 2.23. The molecule has 0 radical (unpaired) electrons. The molecule has 0 bridgehead atoms. The number of benzene rings is 2. The molecule has 1 aliphatic heterocycles. The highest BCUT2D eigenvalue weighted by Gasteiger charge is 2.20. The molecule has 2 amide bonds. The van der Waals surface area contributed by atoms with Gasteiger partial charge in [0.15, 0.2) is 5.75 Å². The molecule has 1 aliphatic rings. The second kappa shape index (κ2) is 5.09. The summed E-state index contributed by atoms with van der Waals surface area (Å²) in [6, 6.07) is 14.9. The molecule has 3 rings (SSSR count). The van der Waals surface area contributed by atoms with Crippen LogP contribution in [0.3, 0.4) is 0 Å². The van der Waals surface area contributed by atoms with Gasteiger partial charge in [0.05, 0.1) is 5.69 Å². The van der Waals surface area contributed by atoms with Crippen LogP contribution in [0.5, 0.6) is 5.75 Å². The largest absolute Gasteiger partial charge is 0.461 e. The lowest BCUT2D eigenvalue weighted by atomic mass is 10.2. The Balaban J connectivity index is 1.86. The molecule has 0 aliphatic carbocycles. The van der Waals surface area contributed by atoms with Crippen LogP contribution in [0, 0.1) is 6.92 Å². The maximum absolute atomic E-state index is 12.4. The van der Waals surface area contributed by atoms with Crippen LogP contribution in [-0.4, -0.2) is 6.03 Å². The van der Waals surface area contributed by atoms with Gasteiger partial charge in [-0.15, -0.1) is 0 Å². The Morgan fingerprint density at radius 3 is 2.70 bits per heavy atom. The molecule has 0 saturated heterocycles. The van der Waals surface area contributed by atoms with Crippen LogP contribution >= 0.6 is 0 Å². The van der Waals surface area contributed by atoms with E-state index in [0.29, 0.717) is 5.75 Å². The maximum atomic E-state index is 12.4. The molecule has 20 heavy (non-hydrogen) atoms. The van der Waals surface area contributed by atoms with Gasteiger partial charge in [-0.05, 0) is 30.7 Å². The summed E-state index contributed by atoms with van der Waals surface area (Å²) in [4.78, 5) is 13.9. The molecule has 100 valence electrons. The zero-order valence-electron chi connectivity index (χ0n) is 11.0. The van der Waals surface area contributed by atoms with Gasteiger partial charge < -0.3 is 10.1 Å². The van der Waals surface area contributed by atoms with Crippen molar-refractivity contribution in [2.75, 3.05) is 10.2 Å². The summed E-state index contributed by atoms with van der Waals surface area (Å²) in [6.45, 7) is 1.96. The van der Waals surface area contributed by atoms with E-state index in [9.17, 15) is 4.79 Å². The van der Waals surface area contributed by atoms with Crippen molar-refractivity contribution in [3.05, 3.63) is 66.6 Å².